The molecule has 0 saturated heterocycles. The minimum Gasteiger partial charge on any atom is -0.354 e. The molecule has 1 aliphatic carbocycles. The van der Waals surface area contributed by atoms with Crippen molar-refractivity contribution in [1.82, 2.24) is 14.9 Å². The fraction of sp³-hybridized carbons (Fsp3) is 0.529. The first-order valence-corrected chi connectivity index (χ1v) is 8.16. The van der Waals surface area contributed by atoms with Crippen LogP contribution in [0.4, 0.5) is 0 Å². The van der Waals surface area contributed by atoms with Crippen molar-refractivity contribution in [2.75, 3.05) is 6.54 Å². The molecule has 0 aliphatic heterocycles. The number of benzene rings is 1. The molecule has 1 aliphatic rings. The summed E-state index contributed by atoms with van der Waals surface area (Å²) in [6.07, 6.45) is 7.67. The summed E-state index contributed by atoms with van der Waals surface area (Å²) < 4.78 is 2.13. The zero-order valence-electron chi connectivity index (χ0n) is 12.9. The number of fused-ring (bicyclic) bond motifs is 1. The van der Waals surface area contributed by atoms with E-state index in [0.29, 0.717) is 6.54 Å². The standard InChI is InChI=1S/C17H24N4O/c18-17(9-4-1-5-10-17)16(22)19-11-6-12-21-13-20-14-7-2-3-8-15(14)21/h2-3,7-8,13H,1,4-6,9-12,18H2,(H,19,22). The maximum atomic E-state index is 12.2. The number of nitrogens with two attached hydrogens (primary N) is 1. The summed E-state index contributed by atoms with van der Waals surface area (Å²) in [6.45, 7) is 1.50. The summed E-state index contributed by atoms with van der Waals surface area (Å²) in [7, 11) is 0. The molecule has 2 aromatic rings. The highest BCUT2D eigenvalue weighted by atomic mass is 16.2. The molecule has 0 bridgehead atoms. The van der Waals surface area contributed by atoms with Crippen molar-refractivity contribution in [2.45, 2.75) is 50.6 Å². The molecule has 1 fully saturated rings. The number of imidazole rings is 1. The van der Waals surface area contributed by atoms with Crippen molar-refractivity contribution in [2.24, 2.45) is 5.73 Å². The third-order valence-electron chi connectivity index (χ3n) is 4.59. The molecule has 3 N–H and O–H groups in total. The lowest BCUT2D eigenvalue weighted by atomic mass is 9.82. The van der Waals surface area contributed by atoms with E-state index in [9.17, 15) is 4.79 Å². The number of nitrogens with zero attached hydrogens (tertiary/aromatic N) is 2. The number of nitrogens with one attached hydrogen (secondary N) is 1. The minimum atomic E-state index is -0.639. The number of aromatic nitrogens is 2. The molecule has 5 nitrogen and oxygen atoms in total. The molecule has 22 heavy (non-hydrogen) atoms. The van der Waals surface area contributed by atoms with Gasteiger partial charge in [-0.3, -0.25) is 4.79 Å². The van der Waals surface area contributed by atoms with Crippen LogP contribution in [0.15, 0.2) is 30.6 Å². The Bertz CT molecular complexity index is 643. The monoisotopic (exact) mass is 300 g/mol. The Morgan fingerprint density at radius 2 is 2.05 bits per heavy atom. The van der Waals surface area contributed by atoms with Crippen LogP contribution in [0, 0.1) is 0 Å². The lowest BCUT2D eigenvalue weighted by molar-refractivity contribution is -0.127. The zero-order valence-corrected chi connectivity index (χ0v) is 12.9. The molecule has 0 spiro atoms. The van der Waals surface area contributed by atoms with Crippen LogP contribution in [0.5, 0.6) is 0 Å². The van der Waals surface area contributed by atoms with Gasteiger partial charge in [-0.05, 0) is 31.4 Å². The molecular formula is C17H24N4O. The molecule has 0 atom stereocenters. The fourth-order valence-electron chi connectivity index (χ4n) is 3.23. The van der Waals surface area contributed by atoms with Crippen LogP contribution in [0.2, 0.25) is 0 Å². The fourth-order valence-corrected chi connectivity index (χ4v) is 3.23. The summed E-state index contributed by atoms with van der Waals surface area (Å²) in [5, 5.41) is 3.01. The van der Waals surface area contributed by atoms with Crippen LogP contribution in [0.1, 0.15) is 38.5 Å². The van der Waals surface area contributed by atoms with Gasteiger partial charge < -0.3 is 15.6 Å². The van der Waals surface area contributed by atoms with Gasteiger partial charge in [0.2, 0.25) is 5.91 Å². The lowest BCUT2D eigenvalue weighted by Crippen LogP contribution is -2.55. The van der Waals surface area contributed by atoms with Crippen LogP contribution in [-0.2, 0) is 11.3 Å². The number of para-hydroxylation sites is 2. The van der Waals surface area contributed by atoms with Gasteiger partial charge in [0.05, 0.1) is 22.9 Å². The van der Waals surface area contributed by atoms with Crippen molar-refractivity contribution in [3.05, 3.63) is 30.6 Å². The summed E-state index contributed by atoms with van der Waals surface area (Å²) in [6, 6.07) is 8.08. The molecule has 1 amide bonds. The maximum Gasteiger partial charge on any atom is 0.240 e. The first-order valence-electron chi connectivity index (χ1n) is 8.16. The smallest absolute Gasteiger partial charge is 0.240 e. The predicted octanol–water partition coefficient (Wildman–Crippen LogP) is 2.20. The Hall–Kier alpha value is -1.88. The third-order valence-corrected chi connectivity index (χ3v) is 4.59. The molecule has 5 heteroatoms. The van der Waals surface area contributed by atoms with Crippen LogP contribution in [0.25, 0.3) is 11.0 Å². The van der Waals surface area contributed by atoms with Gasteiger partial charge in [-0.2, -0.15) is 0 Å². The van der Waals surface area contributed by atoms with Gasteiger partial charge >= 0.3 is 0 Å². The van der Waals surface area contributed by atoms with E-state index in [1.807, 2.05) is 24.5 Å². The summed E-state index contributed by atoms with van der Waals surface area (Å²) in [5.74, 6) is 0.0164. The number of hydrogen-bond acceptors (Lipinski definition) is 3. The lowest BCUT2D eigenvalue weighted by Gasteiger charge is -2.31. The van der Waals surface area contributed by atoms with E-state index in [1.54, 1.807) is 0 Å². The SMILES string of the molecule is NC1(C(=O)NCCCn2cnc3ccccc32)CCCCC1. The van der Waals surface area contributed by atoms with Gasteiger partial charge in [-0.15, -0.1) is 0 Å². The van der Waals surface area contributed by atoms with Crippen LogP contribution in [-0.4, -0.2) is 27.5 Å². The van der Waals surface area contributed by atoms with Crippen LogP contribution >= 0.6 is 0 Å². The molecule has 1 saturated carbocycles. The van der Waals surface area contributed by atoms with E-state index < -0.39 is 5.54 Å². The number of hydrogen-bond donors (Lipinski definition) is 2. The van der Waals surface area contributed by atoms with Crippen molar-refractivity contribution in [3.8, 4) is 0 Å². The first kappa shape index (κ1) is 15.0. The highest BCUT2D eigenvalue weighted by Gasteiger charge is 2.34. The van der Waals surface area contributed by atoms with Crippen LogP contribution in [0.3, 0.4) is 0 Å². The zero-order chi connectivity index (χ0) is 15.4. The topological polar surface area (TPSA) is 72.9 Å². The van der Waals surface area contributed by atoms with E-state index in [-0.39, 0.29) is 5.91 Å². The molecule has 1 aromatic heterocycles. The molecule has 0 unspecified atom stereocenters. The Kier molecular flexibility index (Phi) is 4.43. The Morgan fingerprint density at radius 1 is 1.27 bits per heavy atom. The van der Waals surface area contributed by atoms with E-state index in [2.05, 4.69) is 20.9 Å². The van der Waals surface area contributed by atoms with Crippen molar-refractivity contribution < 1.29 is 4.79 Å². The van der Waals surface area contributed by atoms with Gasteiger partial charge in [-0.25, -0.2) is 4.98 Å². The van der Waals surface area contributed by atoms with E-state index in [1.165, 1.54) is 6.42 Å². The van der Waals surface area contributed by atoms with Crippen molar-refractivity contribution in [3.63, 3.8) is 0 Å². The van der Waals surface area contributed by atoms with Crippen molar-refractivity contribution in [1.29, 1.82) is 0 Å². The second-order valence-electron chi connectivity index (χ2n) is 6.25. The quantitative estimate of drug-likeness (QED) is 0.831. The van der Waals surface area contributed by atoms with Gasteiger partial charge in [0.1, 0.15) is 0 Å². The number of carbonyl (C=O) groups is 1. The van der Waals surface area contributed by atoms with Gasteiger partial charge in [0, 0.05) is 13.1 Å². The Morgan fingerprint density at radius 3 is 2.86 bits per heavy atom. The Labute approximate surface area is 130 Å². The second-order valence-corrected chi connectivity index (χ2v) is 6.25. The minimum absolute atomic E-state index is 0.0164. The normalized spacial score (nSPS) is 17.5. The van der Waals surface area contributed by atoms with E-state index in [0.717, 1.165) is 49.7 Å². The predicted molar refractivity (Wildman–Crippen MR) is 87.4 cm³/mol. The van der Waals surface area contributed by atoms with Gasteiger partial charge in [0.25, 0.3) is 0 Å². The van der Waals surface area contributed by atoms with Crippen molar-refractivity contribution >= 4 is 16.9 Å². The van der Waals surface area contributed by atoms with Gasteiger partial charge in [-0.1, -0.05) is 31.4 Å². The second kappa shape index (κ2) is 6.48. The molecular weight excluding hydrogens is 276 g/mol. The molecule has 1 heterocycles. The maximum absolute atomic E-state index is 12.2. The average molecular weight is 300 g/mol. The Balaban J connectivity index is 1.48. The number of aryl methyl sites for hydroxylation is 1. The summed E-state index contributed by atoms with van der Waals surface area (Å²) in [5.41, 5.74) is 7.73. The highest BCUT2D eigenvalue weighted by molar-refractivity contribution is 5.86. The van der Waals surface area contributed by atoms with Gasteiger partial charge in [0.15, 0.2) is 0 Å². The molecule has 3 rings (SSSR count). The van der Waals surface area contributed by atoms with E-state index >= 15 is 0 Å². The third kappa shape index (κ3) is 3.14. The molecule has 0 radical (unpaired) electrons. The number of amides is 1. The molecule has 118 valence electrons. The van der Waals surface area contributed by atoms with E-state index in [4.69, 9.17) is 5.73 Å². The highest BCUT2D eigenvalue weighted by Crippen LogP contribution is 2.25. The summed E-state index contributed by atoms with van der Waals surface area (Å²) in [4.78, 5) is 16.6. The largest absolute Gasteiger partial charge is 0.354 e. The summed E-state index contributed by atoms with van der Waals surface area (Å²) >= 11 is 0. The van der Waals surface area contributed by atoms with Crippen LogP contribution < -0.4 is 11.1 Å². The molecule has 1 aromatic carbocycles. The number of carbonyl (C=O) groups excluding carboxylic acids is 1. The average Bonchev–Trinajstić information content (AvgIpc) is 2.95. The number of rotatable bonds is 5. The first-order chi connectivity index (χ1) is 10.7.